The van der Waals surface area contributed by atoms with Crippen molar-refractivity contribution in [1.29, 1.82) is 0 Å². The molecule has 1 N–H and O–H groups in total. The molecule has 0 atom stereocenters. The van der Waals surface area contributed by atoms with Gasteiger partial charge in [0.05, 0.1) is 0 Å². The zero-order chi connectivity index (χ0) is 13.1. The molecule has 1 aliphatic carbocycles. The number of benzene rings is 1. The molecular formula is C14H17N3OS. The summed E-state index contributed by atoms with van der Waals surface area (Å²) in [5.74, 6) is 0.932. The van der Waals surface area contributed by atoms with Crippen LogP contribution < -0.4 is 10.1 Å². The molecule has 0 saturated heterocycles. The molecule has 0 amide bonds. The van der Waals surface area contributed by atoms with Gasteiger partial charge in [0.2, 0.25) is 5.13 Å². The molecule has 0 fully saturated rings. The summed E-state index contributed by atoms with van der Waals surface area (Å²) >= 11 is 1.52. The third-order valence-corrected chi connectivity index (χ3v) is 4.28. The Morgan fingerprint density at radius 2 is 2.05 bits per heavy atom. The fourth-order valence-electron chi connectivity index (χ4n) is 2.36. The summed E-state index contributed by atoms with van der Waals surface area (Å²) in [4.78, 5) is 0. The summed E-state index contributed by atoms with van der Waals surface area (Å²) in [7, 11) is 1.84. The minimum absolute atomic E-state index is 0.484. The normalized spacial score (nSPS) is 13.9. The van der Waals surface area contributed by atoms with Gasteiger partial charge in [-0.25, -0.2) is 0 Å². The van der Waals surface area contributed by atoms with Crippen molar-refractivity contribution in [2.45, 2.75) is 32.3 Å². The minimum Gasteiger partial charge on any atom is -0.486 e. The van der Waals surface area contributed by atoms with Crippen LogP contribution in [0, 0.1) is 0 Å². The molecule has 1 aromatic carbocycles. The lowest BCUT2D eigenvalue weighted by atomic mass is 9.92. The van der Waals surface area contributed by atoms with Gasteiger partial charge in [0.25, 0.3) is 0 Å². The Morgan fingerprint density at radius 1 is 1.21 bits per heavy atom. The van der Waals surface area contributed by atoms with E-state index in [9.17, 15) is 0 Å². The lowest BCUT2D eigenvalue weighted by molar-refractivity contribution is 0.304. The maximum absolute atomic E-state index is 5.80. The highest BCUT2D eigenvalue weighted by Crippen LogP contribution is 2.26. The monoisotopic (exact) mass is 275 g/mol. The van der Waals surface area contributed by atoms with E-state index in [1.807, 2.05) is 7.05 Å². The summed E-state index contributed by atoms with van der Waals surface area (Å²) in [5, 5.41) is 12.8. The number of fused-ring (bicyclic) bond motifs is 1. The molecule has 19 heavy (non-hydrogen) atoms. The topological polar surface area (TPSA) is 47.0 Å². The average molecular weight is 275 g/mol. The Labute approximate surface area is 116 Å². The van der Waals surface area contributed by atoms with Crippen molar-refractivity contribution < 1.29 is 4.74 Å². The zero-order valence-electron chi connectivity index (χ0n) is 11.0. The lowest BCUT2D eigenvalue weighted by Gasteiger charge is -2.16. The number of aryl methyl sites for hydroxylation is 2. The van der Waals surface area contributed by atoms with Gasteiger partial charge in [-0.05, 0) is 48.9 Å². The first-order chi connectivity index (χ1) is 9.35. The third-order valence-electron chi connectivity index (χ3n) is 3.36. The molecule has 5 heteroatoms. The van der Waals surface area contributed by atoms with Crippen molar-refractivity contribution in [3.8, 4) is 5.75 Å². The SMILES string of the molecule is CNc1nnc(COc2ccc3c(c2)CCCC3)s1. The number of hydrogen-bond donors (Lipinski definition) is 1. The summed E-state index contributed by atoms with van der Waals surface area (Å²) < 4.78 is 5.80. The molecule has 1 aromatic heterocycles. The molecule has 0 radical (unpaired) electrons. The molecular weight excluding hydrogens is 258 g/mol. The van der Waals surface area contributed by atoms with Gasteiger partial charge < -0.3 is 10.1 Å². The number of anilines is 1. The van der Waals surface area contributed by atoms with Crippen LogP contribution in [0.15, 0.2) is 18.2 Å². The number of nitrogens with zero attached hydrogens (tertiary/aromatic N) is 2. The van der Waals surface area contributed by atoms with Gasteiger partial charge in [-0.1, -0.05) is 17.4 Å². The van der Waals surface area contributed by atoms with E-state index < -0.39 is 0 Å². The van der Waals surface area contributed by atoms with Gasteiger partial charge in [0.1, 0.15) is 12.4 Å². The second kappa shape index (κ2) is 5.57. The van der Waals surface area contributed by atoms with Gasteiger partial charge >= 0.3 is 0 Å². The molecule has 4 nitrogen and oxygen atoms in total. The van der Waals surface area contributed by atoms with Gasteiger partial charge in [0, 0.05) is 7.05 Å². The zero-order valence-corrected chi connectivity index (χ0v) is 11.8. The van der Waals surface area contributed by atoms with Crippen LogP contribution in [0.4, 0.5) is 5.13 Å². The molecule has 1 heterocycles. The van der Waals surface area contributed by atoms with E-state index >= 15 is 0 Å². The van der Waals surface area contributed by atoms with E-state index in [0.29, 0.717) is 6.61 Å². The highest BCUT2D eigenvalue weighted by atomic mass is 32.1. The summed E-state index contributed by atoms with van der Waals surface area (Å²) in [6.45, 7) is 0.484. The molecule has 0 unspecified atom stereocenters. The van der Waals surface area contributed by atoms with E-state index in [-0.39, 0.29) is 0 Å². The van der Waals surface area contributed by atoms with E-state index in [2.05, 4.69) is 33.7 Å². The van der Waals surface area contributed by atoms with E-state index in [0.717, 1.165) is 15.9 Å². The lowest BCUT2D eigenvalue weighted by Crippen LogP contribution is -2.03. The number of ether oxygens (including phenoxy) is 1. The number of rotatable bonds is 4. The fourth-order valence-corrected chi connectivity index (χ4v) is 2.96. The van der Waals surface area contributed by atoms with E-state index in [1.165, 1.54) is 48.1 Å². The second-order valence-electron chi connectivity index (χ2n) is 4.68. The van der Waals surface area contributed by atoms with Crippen molar-refractivity contribution in [2.75, 3.05) is 12.4 Å². The minimum atomic E-state index is 0.484. The van der Waals surface area contributed by atoms with Crippen molar-refractivity contribution >= 4 is 16.5 Å². The Balaban J connectivity index is 1.66. The van der Waals surface area contributed by atoms with Crippen LogP contribution in [0.5, 0.6) is 5.75 Å². The molecule has 2 aromatic rings. The number of hydrogen-bond acceptors (Lipinski definition) is 5. The summed E-state index contributed by atoms with van der Waals surface area (Å²) in [6, 6.07) is 6.43. The predicted molar refractivity (Wildman–Crippen MR) is 76.9 cm³/mol. The van der Waals surface area contributed by atoms with Crippen molar-refractivity contribution in [3.63, 3.8) is 0 Å². The highest BCUT2D eigenvalue weighted by Gasteiger charge is 2.10. The standard InChI is InChI=1S/C14H17N3OS/c1-15-14-17-16-13(19-14)9-18-12-7-6-10-4-2-3-5-11(10)8-12/h6-8H,2-5,9H2,1H3,(H,15,17). The molecule has 1 aliphatic rings. The van der Waals surface area contributed by atoms with Crippen molar-refractivity contribution in [1.82, 2.24) is 10.2 Å². The molecule has 0 bridgehead atoms. The van der Waals surface area contributed by atoms with Gasteiger partial charge in [-0.3, -0.25) is 0 Å². The average Bonchev–Trinajstić information content (AvgIpc) is 2.93. The van der Waals surface area contributed by atoms with E-state index in [1.54, 1.807) is 0 Å². The maximum Gasteiger partial charge on any atom is 0.205 e. The molecule has 3 rings (SSSR count). The van der Waals surface area contributed by atoms with Gasteiger partial charge in [0.15, 0.2) is 5.01 Å². The Kier molecular flexibility index (Phi) is 3.64. The van der Waals surface area contributed by atoms with Crippen LogP contribution in [-0.4, -0.2) is 17.2 Å². The first-order valence-corrected chi connectivity index (χ1v) is 7.41. The fraction of sp³-hybridized carbons (Fsp3) is 0.429. The van der Waals surface area contributed by atoms with E-state index in [4.69, 9.17) is 4.74 Å². The number of nitrogens with one attached hydrogen (secondary N) is 1. The Morgan fingerprint density at radius 3 is 2.84 bits per heavy atom. The molecule has 0 aliphatic heterocycles. The van der Waals surface area contributed by atoms with Crippen molar-refractivity contribution in [2.24, 2.45) is 0 Å². The molecule has 0 saturated carbocycles. The quantitative estimate of drug-likeness (QED) is 0.931. The summed E-state index contributed by atoms with van der Waals surface area (Å²) in [5.41, 5.74) is 2.92. The number of aromatic nitrogens is 2. The Hall–Kier alpha value is -1.62. The van der Waals surface area contributed by atoms with Crippen LogP contribution in [0.3, 0.4) is 0 Å². The van der Waals surface area contributed by atoms with Crippen LogP contribution in [0.2, 0.25) is 0 Å². The highest BCUT2D eigenvalue weighted by molar-refractivity contribution is 7.15. The van der Waals surface area contributed by atoms with Gasteiger partial charge in [-0.2, -0.15) is 0 Å². The molecule has 100 valence electrons. The smallest absolute Gasteiger partial charge is 0.205 e. The maximum atomic E-state index is 5.80. The van der Waals surface area contributed by atoms with Crippen LogP contribution in [0.1, 0.15) is 29.0 Å². The summed E-state index contributed by atoms with van der Waals surface area (Å²) in [6.07, 6.45) is 4.98. The molecule has 0 spiro atoms. The Bertz CT molecular complexity index is 568. The van der Waals surface area contributed by atoms with Crippen LogP contribution >= 0.6 is 11.3 Å². The largest absolute Gasteiger partial charge is 0.486 e. The van der Waals surface area contributed by atoms with Crippen molar-refractivity contribution in [3.05, 3.63) is 34.3 Å². The second-order valence-corrected chi connectivity index (χ2v) is 5.74. The predicted octanol–water partition coefficient (Wildman–Crippen LogP) is 3.04. The van der Waals surface area contributed by atoms with Crippen LogP contribution in [0.25, 0.3) is 0 Å². The van der Waals surface area contributed by atoms with Crippen LogP contribution in [-0.2, 0) is 19.4 Å². The third kappa shape index (κ3) is 2.87. The first kappa shape index (κ1) is 12.4. The first-order valence-electron chi connectivity index (χ1n) is 6.60. The van der Waals surface area contributed by atoms with Gasteiger partial charge in [-0.15, -0.1) is 10.2 Å².